The lowest BCUT2D eigenvalue weighted by atomic mass is 10.1. The summed E-state index contributed by atoms with van der Waals surface area (Å²) in [6.07, 6.45) is 6.39. The highest BCUT2D eigenvalue weighted by atomic mass is 16.5. The highest BCUT2D eigenvalue weighted by molar-refractivity contribution is 5.99. The molecule has 0 aliphatic carbocycles. The van der Waals surface area contributed by atoms with E-state index in [2.05, 4.69) is 37.9 Å². The molecule has 0 atom stereocenters. The zero-order valence-electron chi connectivity index (χ0n) is 16.4. The van der Waals surface area contributed by atoms with Gasteiger partial charge in [-0.25, -0.2) is 9.97 Å². The van der Waals surface area contributed by atoms with Crippen molar-refractivity contribution >= 4 is 33.5 Å². The topological polar surface area (TPSA) is 92.8 Å². The summed E-state index contributed by atoms with van der Waals surface area (Å²) in [5.74, 6) is 0.741. The third kappa shape index (κ3) is 3.60. The average molecular weight is 407 g/mol. The molecule has 3 heterocycles. The maximum absolute atomic E-state index is 11.4. The largest absolute Gasteiger partial charge is 0.438 e. The van der Waals surface area contributed by atoms with E-state index in [1.54, 1.807) is 24.3 Å². The van der Waals surface area contributed by atoms with Crippen LogP contribution in [0.15, 0.2) is 86.0 Å². The predicted octanol–water partition coefficient (Wildman–Crippen LogP) is 5.09. The van der Waals surface area contributed by atoms with Crippen LogP contribution in [0, 0.1) is 0 Å². The van der Waals surface area contributed by atoms with E-state index in [0.717, 1.165) is 27.4 Å². The number of aromatic amines is 1. The van der Waals surface area contributed by atoms with Crippen molar-refractivity contribution in [3.63, 3.8) is 0 Å². The number of H-pyrrole nitrogens is 1. The van der Waals surface area contributed by atoms with Gasteiger partial charge in [0, 0.05) is 34.6 Å². The Morgan fingerprint density at radius 3 is 2.74 bits per heavy atom. The van der Waals surface area contributed by atoms with Crippen LogP contribution < -0.4 is 10.1 Å². The van der Waals surface area contributed by atoms with Gasteiger partial charge in [0.25, 0.3) is 0 Å². The molecule has 3 aromatic heterocycles. The van der Waals surface area contributed by atoms with Gasteiger partial charge in [-0.05, 0) is 42.5 Å². The standard InChI is InChI=1S/C24H17N5O2/c1-2-21(30)29-17-7-9-18(10-8-17)31-24-22-19(13-26-23(22)27-14-28-24)16-11-15-5-3-4-6-20(15)25-12-16/h2-14H,1H2,(H,29,30)(H,26,27,28). The van der Waals surface area contributed by atoms with Gasteiger partial charge in [-0.15, -0.1) is 0 Å². The molecule has 0 unspecified atom stereocenters. The fraction of sp³-hybridized carbons (Fsp3) is 0. The number of para-hydroxylation sites is 1. The van der Waals surface area contributed by atoms with E-state index in [9.17, 15) is 4.79 Å². The van der Waals surface area contributed by atoms with E-state index in [-0.39, 0.29) is 5.91 Å². The lowest BCUT2D eigenvalue weighted by Gasteiger charge is -2.09. The number of aromatic nitrogens is 4. The van der Waals surface area contributed by atoms with E-state index in [4.69, 9.17) is 4.74 Å². The number of hydrogen-bond donors (Lipinski definition) is 2. The van der Waals surface area contributed by atoms with Gasteiger partial charge in [0.2, 0.25) is 11.8 Å². The van der Waals surface area contributed by atoms with Gasteiger partial charge in [0.15, 0.2) is 0 Å². The Bertz CT molecular complexity index is 1420. The SMILES string of the molecule is C=CC(=O)Nc1ccc(Oc2ncnc3[nH]cc(-c4cnc5ccccc5c4)c23)cc1. The van der Waals surface area contributed by atoms with E-state index in [1.807, 2.05) is 36.7 Å². The number of nitrogens with one attached hydrogen (secondary N) is 2. The number of anilines is 1. The summed E-state index contributed by atoms with van der Waals surface area (Å²) in [6, 6.07) is 17.1. The summed E-state index contributed by atoms with van der Waals surface area (Å²) in [7, 11) is 0. The molecule has 5 rings (SSSR count). The van der Waals surface area contributed by atoms with Crippen LogP contribution in [-0.2, 0) is 4.79 Å². The van der Waals surface area contributed by atoms with Crippen molar-refractivity contribution in [3.8, 4) is 22.8 Å². The molecule has 0 radical (unpaired) electrons. The van der Waals surface area contributed by atoms with E-state index >= 15 is 0 Å². The summed E-state index contributed by atoms with van der Waals surface area (Å²) >= 11 is 0. The molecule has 5 aromatic rings. The second kappa shape index (κ2) is 7.72. The molecule has 0 aliphatic rings. The Kier molecular flexibility index (Phi) is 4.61. The van der Waals surface area contributed by atoms with Crippen LogP contribution in [0.5, 0.6) is 11.6 Å². The summed E-state index contributed by atoms with van der Waals surface area (Å²) in [6.45, 7) is 3.45. The van der Waals surface area contributed by atoms with E-state index in [1.165, 1.54) is 12.4 Å². The Morgan fingerprint density at radius 2 is 1.90 bits per heavy atom. The fourth-order valence-electron chi connectivity index (χ4n) is 3.37. The quantitative estimate of drug-likeness (QED) is 0.396. The van der Waals surface area contributed by atoms with Gasteiger partial charge >= 0.3 is 0 Å². The van der Waals surface area contributed by atoms with Crippen molar-refractivity contribution in [3.05, 3.63) is 86.0 Å². The molecule has 2 N–H and O–H groups in total. The Hall–Kier alpha value is -4.52. The monoisotopic (exact) mass is 407 g/mol. The number of rotatable bonds is 5. The Balaban J connectivity index is 1.52. The van der Waals surface area contributed by atoms with Crippen LogP contribution in [0.1, 0.15) is 0 Å². The van der Waals surface area contributed by atoms with Crippen molar-refractivity contribution in [1.82, 2.24) is 19.9 Å². The van der Waals surface area contributed by atoms with Gasteiger partial charge < -0.3 is 15.0 Å². The van der Waals surface area contributed by atoms with Gasteiger partial charge in [0.05, 0.1) is 10.9 Å². The second-order valence-corrected chi connectivity index (χ2v) is 6.84. The number of nitrogens with zero attached hydrogens (tertiary/aromatic N) is 3. The highest BCUT2D eigenvalue weighted by Gasteiger charge is 2.15. The van der Waals surface area contributed by atoms with Crippen molar-refractivity contribution in [2.75, 3.05) is 5.32 Å². The van der Waals surface area contributed by atoms with Crippen molar-refractivity contribution in [2.45, 2.75) is 0 Å². The smallest absolute Gasteiger partial charge is 0.247 e. The first-order valence-electron chi connectivity index (χ1n) is 9.60. The molecule has 0 fully saturated rings. The molecular formula is C24H17N5O2. The first kappa shape index (κ1) is 18.5. The molecular weight excluding hydrogens is 390 g/mol. The number of benzene rings is 2. The van der Waals surface area contributed by atoms with Gasteiger partial charge in [-0.1, -0.05) is 24.8 Å². The second-order valence-electron chi connectivity index (χ2n) is 6.84. The first-order chi connectivity index (χ1) is 15.2. The number of hydrogen-bond acceptors (Lipinski definition) is 5. The molecule has 0 saturated heterocycles. The minimum atomic E-state index is -0.271. The molecule has 150 valence electrons. The number of pyridine rings is 1. The minimum absolute atomic E-state index is 0.271. The third-order valence-electron chi connectivity index (χ3n) is 4.86. The molecule has 0 aliphatic heterocycles. The normalized spacial score (nSPS) is 10.8. The van der Waals surface area contributed by atoms with Crippen LogP contribution in [0.3, 0.4) is 0 Å². The van der Waals surface area contributed by atoms with Gasteiger partial charge in [0.1, 0.15) is 17.7 Å². The first-order valence-corrected chi connectivity index (χ1v) is 9.60. The van der Waals surface area contributed by atoms with E-state index in [0.29, 0.717) is 23.0 Å². The Morgan fingerprint density at radius 1 is 1.06 bits per heavy atom. The van der Waals surface area contributed by atoms with Crippen LogP contribution in [0.25, 0.3) is 33.1 Å². The van der Waals surface area contributed by atoms with E-state index < -0.39 is 0 Å². The Labute approximate surface area is 177 Å². The summed E-state index contributed by atoms with van der Waals surface area (Å²) in [5.41, 5.74) is 4.09. The minimum Gasteiger partial charge on any atom is -0.438 e. The summed E-state index contributed by atoms with van der Waals surface area (Å²) < 4.78 is 6.06. The molecule has 7 heteroatoms. The van der Waals surface area contributed by atoms with Crippen molar-refractivity contribution in [1.29, 1.82) is 0 Å². The zero-order valence-corrected chi connectivity index (χ0v) is 16.4. The van der Waals surface area contributed by atoms with Crippen LogP contribution in [-0.4, -0.2) is 25.8 Å². The number of fused-ring (bicyclic) bond motifs is 2. The zero-order chi connectivity index (χ0) is 21.2. The van der Waals surface area contributed by atoms with Gasteiger partial charge in [-0.2, -0.15) is 0 Å². The lowest BCUT2D eigenvalue weighted by Crippen LogP contribution is -2.06. The van der Waals surface area contributed by atoms with Crippen molar-refractivity contribution in [2.24, 2.45) is 0 Å². The third-order valence-corrected chi connectivity index (χ3v) is 4.86. The van der Waals surface area contributed by atoms with Crippen LogP contribution in [0.2, 0.25) is 0 Å². The number of amides is 1. The number of carbonyl (C=O) groups excluding carboxylic acids is 1. The molecule has 1 amide bonds. The molecule has 0 spiro atoms. The summed E-state index contributed by atoms with van der Waals surface area (Å²) in [4.78, 5) is 27.9. The van der Waals surface area contributed by atoms with Crippen molar-refractivity contribution < 1.29 is 9.53 Å². The lowest BCUT2D eigenvalue weighted by molar-refractivity contribution is -0.111. The fourth-order valence-corrected chi connectivity index (χ4v) is 3.37. The summed E-state index contributed by atoms with van der Waals surface area (Å²) in [5, 5.41) is 4.52. The number of carbonyl (C=O) groups is 1. The molecule has 31 heavy (non-hydrogen) atoms. The molecule has 7 nitrogen and oxygen atoms in total. The highest BCUT2D eigenvalue weighted by Crippen LogP contribution is 2.35. The number of ether oxygens (including phenoxy) is 1. The maximum atomic E-state index is 11.4. The molecule has 2 aromatic carbocycles. The van der Waals surface area contributed by atoms with Crippen LogP contribution >= 0.6 is 0 Å². The predicted molar refractivity (Wildman–Crippen MR) is 120 cm³/mol. The molecule has 0 bridgehead atoms. The van der Waals surface area contributed by atoms with Gasteiger partial charge in [-0.3, -0.25) is 9.78 Å². The molecule has 0 saturated carbocycles. The van der Waals surface area contributed by atoms with Crippen LogP contribution in [0.4, 0.5) is 5.69 Å². The average Bonchev–Trinajstić information content (AvgIpc) is 3.25. The maximum Gasteiger partial charge on any atom is 0.247 e.